The lowest BCUT2D eigenvalue weighted by molar-refractivity contribution is -0.142. The summed E-state index contributed by atoms with van der Waals surface area (Å²) in [6.07, 6.45) is 16.1. The van der Waals surface area contributed by atoms with Crippen molar-refractivity contribution in [3.05, 3.63) is 0 Å². The summed E-state index contributed by atoms with van der Waals surface area (Å²) in [6, 6.07) is 0. The Morgan fingerprint density at radius 1 is 0.446 bits per heavy atom. The van der Waals surface area contributed by atoms with E-state index in [1.807, 2.05) is 111 Å². The number of carbonyl (C=O) groups excluding carboxylic acids is 10. The lowest BCUT2D eigenvalue weighted by atomic mass is 9.86. The van der Waals surface area contributed by atoms with Crippen molar-refractivity contribution in [2.45, 2.75) is 247 Å². The van der Waals surface area contributed by atoms with Crippen molar-refractivity contribution in [1.29, 1.82) is 0 Å². The van der Waals surface area contributed by atoms with Gasteiger partial charge in [-0.3, -0.25) is 69.2 Å². The van der Waals surface area contributed by atoms with Gasteiger partial charge in [-0.05, 0) is 70.6 Å². The summed E-state index contributed by atoms with van der Waals surface area (Å²) >= 11 is 0. The van der Waals surface area contributed by atoms with Crippen LogP contribution in [0.15, 0.2) is 0 Å². The maximum Gasteiger partial charge on any atom is 0.310 e. The van der Waals surface area contributed by atoms with Crippen LogP contribution in [0.5, 0.6) is 0 Å². The molecule has 2 saturated carbocycles. The molecule has 0 aromatic rings. The van der Waals surface area contributed by atoms with E-state index < -0.39 is 27.1 Å². The Morgan fingerprint density at radius 2 is 0.784 bits per heavy atom. The predicted molar refractivity (Wildman–Crippen MR) is 293 cm³/mol. The highest BCUT2D eigenvalue weighted by Gasteiger charge is 2.34. The van der Waals surface area contributed by atoms with Crippen LogP contribution >= 0.6 is 0 Å². The monoisotopic (exact) mass is 1050 g/mol. The van der Waals surface area contributed by atoms with Gasteiger partial charge in [0, 0.05) is 57.3 Å². The smallest absolute Gasteiger partial charge is 0.310 e. The second kappa shape index (κ2) is 33.5. The molecule has 0 radical (unpaired) electrons. The number of esters is 1. The van der Waals surface area contributed by atoms with Gasteiger partial charge in [0.1, 0.15) is 0 Å². The molecule has 3 rings (SSSR count). The first kappa shape index (κ1) is 71.6. The summed E-state index contributed by atoms with van der Waals surface area (Å²) in [5.74, 6) is -1.34. The Kier molecular flexibility index (Phi) is 32.4. The number of unbranched alkanes of at least 4 members (excludes halogenated alkanes) is 1. The van der Waals surface area contributed by atoms with E-state index in [4.69, 9.17) is 4.74 Å². The third kappa shape index (κ3) is 27.3. The van der Waals surface area contributed by atoms with Crippen LogP contribution in [-0.2, 0) is 52.7 Å². The zero-order valence-corrected chi connectivity index (χ0v) is 49.9. The first-order chi connectivity index (χ1) is 34.0. The van der Waals surface area contributed by atoms with Gasteiger partial charge in [0.2, 0.25) is 53.2 Å². The maximum absolute atomic E-state index is 11.8. The van der Waals surface area contributed by atoms with Crippen molar-refractivity contribution in [2.24, 2.45) is 50.2 Å². The molecule has 1 atom stereocenters. The quantitative estimate of drug-likeness (QED) is 0.0859. The van der Waals surface area contributed by atoms with Gasteiger partial charge in [0.25, 0.3) is 0 Å². The van der Waals surface area contributed by atoms with Gasteiger partial charge in [-0.25, -0.2) is 0 Å². The number of ether oxygens (including phenoxy) is 1. The van der Waals surface area contributed by atoms with Crippen LogP contribution in [0.2, 0.25) is 0 Å². The predicted octanol–water partition coefficient (Wildman–Crippen LogP) is 10.4. The fraction of sp³-hybridized carbons (Fsp3) is 0.828. The number of carbonyl (C=O) groups is 10. The molecule has 3 fully saturated rings. The number of hydrogen-bond donors (Lipinski definition) is 5. The number of nitrogens with one attached hydrogen (secondary N) is 5. The topological polar surface area (TPSA) is 240 Å². The van der Waals surface area contributed by atoms with E-state index in [9.17, 15) is 47.9 Å². The third-order valence-corrected chi connectivity index (χ3v) is 15.1. The maximum atomic E-state index is 11.8. The van der Waals surface area contributed by atoms with Gasteiger partial charge in [0.05, 0.1) is 12.5 Å². The van der Waals surface area contributed by atoms with Crippen LogP contribution in [0.3, 0.4) is 0 Å². The molecule has 16 nitrogen and oxygen atoms in total. The molecule has 1 heterocycles. The summed E-state index contributed by atoms with van der Waals surface area (Å²) in [6.45, 7) is 36.7. The second-order valence-electron chi connectivity index (χ2n) is 24.5. The van der Waals surface area contributed by atoms with Crippen LogP contribution < -0.4 is 26.6 Å². The van der Waals surface area contributed by atoms with Gasteiger partial charge in [-0.1, -0.05) is 170 Å². The molecule has 1 unspecified atom stereocenters. The van der Waals surface area contributed by atoms with Crippen molar-refractivity contribution >= 4 is 59.1 Å². The molecule has 3 aliphatic rings. The van der Waals surface area contributed by atoms with Crippen LogP contribution in [0, 0.1) is 50.2 Å². The molecule has 74 heavy (non-hydrogen) atoms. The molecule has 0 spiro atoms. The van der Waals surface area contributed by atoms with E-state index in [1.165, 1.54) is 6.42 Å². The van der Waals surface area contributed by atoms with Crippen LogP contribution in [0.1, 0.15) is 247 Å². The van der Waals surface area contributed by atoms with Crippen LogP contribution in [-0.4, -0.2) is 72.3 Å². The summed E-state index contributed by atoms with van der Waals surface area (Å²) in [5.41, 5.74) is -2.66. The number of hydrogen-bond acceptors (Lipinski definition) is 11. The molecular weight excluding hydrogens is 943 g/mol. The van der Waals surface area contributed by atoms with E-state index in [1.54, 1.807) is 20.8 Å². The molecular formula is C58H105N5O11. The fourth-order valence-corrected chi connectivity index (χ4v) is 6.46. The van der Waals surface area contributed by atoms with Crippen LogP contribution in [0.25, 0.3) is 0 Å². The third-order valence-electron chi connectivity index (χ3n) is 15.1. The standard InChI is InChI=1S/C13H23NO2.C12H21NO2.C11H19NO3.2C11H21NO2/c1-4-13(2,3)12(16)14-11(15)10-8-6-5-7-9-10;1-4-12(2,3)11(15)13-10(14)9-7-5-6-8-9;1-4-11(2,3)10(14)12-7-8-5-6-15-9(8)13;1-7-11(5,6)9(14)12-8(13)10(2,3)4;1-5-7-8-9(13)12-10(14)11(3,4)6-2/h10H,4-9H2,1-3H3,(H,14,15,16);9H,4-8H2,1-3H3,(H,13,14,15);8H,4-7H2,1-3H3,(H,12,14);7H2,1-6H3,(H,12,13,14);5-8H2,1-4H3,(H,12,13,14). The van der Waals surface area contributed by atoms with Crippen LogP contribution in [0.4, 0.5) is 0 Å². The molecule has 1 aliphatic heterocycles. The van der Waals surface area contributed by atoms with Gasteiger partial charge in [-0.15, -0.1) is 0 Å². The zero-order chi connectivity index (χ0) is 57.9. The van der Waals surface area contributed by atoms with Gasteiger partial charge in [-0.2, -0.15) is 0 Å². The van der Waals surface area contributed by atoms with Crippen molar-refractivity contribution in [1.82, 2.24) is 26.6 Å². The number of amides is 9. The average Bonchev–Trinajstić information content (AvgIpc) is 4.05. The lowest BCUT2D eigenvalue weighted by Gasteiger charge is -2.24. The van der Waals surface area contributed by atoms with E-state index in [0.29, 0.717) is 26.0 Å². The first-order valence-corrected chi connectivity index (χ1v) is 27.8. The number of imide groups is 4. The molecule has 1 saturated heterocycles. The summed E-state index contributed by atoms with van der Waals surface area (Å²) in [7, 11) is 0. The van der Waals surface area contributed by atoms with E-state index in [-0.39, 0.29) is 82.3 Å². The molecule has 428 valence electrons. The Morgan fingerprint density at radius 3 is 1.11 bits per heavy atom. The molecule has 0 aromatic carbocycles. The highest BCUT2D eigenvalue weighted by atomic mass is 16.5. The van der Waals surface area contributed by atoms with Gasteiger partial charge >= 0.3 is 5.97 Å². The molecule has 16 heteroatoms. The molecule has 9 amide bonds. The van der Waals surface area contributed by atoms with Gasteiger partial charge in [0.15, 0.2) is 0 Å². The number of cyclic esters (lactones) is 1. The van der Waals surface area contributed by atoms with E-state index in [2.05, 4.69) is 26.6 Å². The molecule has 0 aromatic heterocycles. The molecule has 5 N–H and O–H groups in total. The Labute approximate surface area is 447 Å². The van der Waals surface area contributed by atoms with E-state index >= 15 is 0 Å². The minimum atomic E-state index is -0.514. The summed E-state index contributed by atoms with van der Waals surface area (Å²) in [4.78, 5) is 116. The van der Waals surface area contributed by atoms with Crippen molar-refractivity contribution in [3.8, 4) is 0 Å². The zero-order valence-electron chi connectivity index (χ0n) is 49.9. The second-order valence-corrected chi connectivity index (χ2v) is 24.5. The van der Waals surface area contributed by atoms with E-state index in [0.717, 1.165) is 96.3 Å². The van der Waals surface area contributed by atoms with Crippen molar-refractivity contribution in [3.63, 3.8) is 0 Å². The Bertz CT molecular complexity index is 1830. The average molecular weight is 1050 g/mol. The normalized spacial score (nSPS) is 16.3. The molecule has 2 aliphatic carbocycles. The SMILES string of the molecule is CCC(C)(C)C(=O)NC(=O)C(C)(C)C.CCC(C)(C)C(=O)NC(=O)C1CCCC1.CCC(C)(C)C(=O)NC(=O)C1CCCCC1.CCC(C)(C)C(=O)NCC1CCOC1=O.CCCCC(=O)NC(=O)C(C)(C)CC. The summed E-state index contributed by atoms with van der Waals surface area (Å²) < 4.78 is 4.82. The minimum absolute atomic E-state index is 0.00435. The fourth-order valence-electron chi connectivity index (χ4n) is 6.46. The highest BCUT2D eigenvalue weighted by molar-refractivity contribution is 6.00. The Balaban J connectivity index is 0. The Hall–Kier alpha value is -4.50. The van der Waals surface area contributed by atoms with Gasteiger partial charge < -0.3 is 10.1 Å². The first-order valence-electron chi connectivity index (χ1n) is 27.8. The molecule has 0 bridgehead atoms. The minimum Gasteiger partial charge on any atom is -0.465 e. The highest BCUT2D eigenvalue weighted by Crippen LogP contribution is 2.28. The number of rotatable bonds is 17. The van der Waals surface area contributed by atoms with Crippen molar-refractivity contribution < 1.29 is 52.7 Å². The lowest BCUT2D eigenvalue weighted by Crippen LogP contribution is -2.44. The largest absolute Gasteiger partial charge is 0.465 e. The summed E-state index contributed by atoms with van der Waals surface area (Å²) in [5, 5.41) is 12.8. The van der Waals surface area contributed by atoms with Crippen molar-refractivity contribution in [2.75, 3.05) is 13.2 Å².